The lowest BCUT2D eigenvalue weighted by Gasteiger charge is -2.21. The average Bonchev–Trinajstić information content (AvgIpc) is 2.84. The molecular weight excluding hydrogens is 359 g/mol. The molecule has 0 bridgehead atoms. The summed E-state index contributed by atoms with van der Waals surface area (Å²) in [5.41, 5.74) is 1.71. The van der Waals surface area contributed by atoms with E-state index in [0.717, 1.165) is 30.2 Å². The van der Waals surface area contributed by atoms with Crippen LogP contribution in [0.3, 0.4) is 0 Å². The minimum absolute atomic E-state index is 0.0240. The summed E-state index contributed by atoms with van der Waals surface area (Å²) in [6.07, 6.45) is 0.912. The number of ether oxygens (including phenoxy) is 2. The predicted molar refractivity (Wildman–Crippen MR) is 106 cm³/mol. The van der Waals surface area contributed by atoms with E-state index >= 15 is 0 Å². The number of fused-ring (bicyclic) bond motifs is 1. The largest absolute Gasteiger partial charge is 0.497 e. The van der Waals surface area contributed by atoms with Crippen LogP contribution in [-0.4, -0.2) is 43.7 Å². The summed E-state index contributed by atoms with van der Waals surface area (Å²) in [6.45, 7) is 4.58. The van der Waals surface area contributed by atoms with Crippen molar-refractivity contribution in [2.24, 2.45) is 0 Å². The van der Waals surface area contributed by atoms with Crippen molar-refractivity contribution in [3.8, 4) is 11.5 Å². The zero-order valence-electron chi connectivity index (χ0n) is 16.4. The van der Waals surface area contributed by atoms with Gasteiger partial charge in [-0.2, -0.15) is 0 Å². The fourth-order valence-corrected chi connectivity index (χ4v) is 3.38. The van der Waals surface area contributed by atoms with E-state index in [1.54, 1.807) is 25.3 Å². The maximum Gasteiger partial charge on any atom is 0.221 e. The van der Waals surface area contributed by atoms with Crippen molar-refractivity contribution < 1.29 is 18.7 Å². The summed E-state index contributed by atoms with van der Waals surface area (Å²) >= 11 is 0. The third-order valence-electron chi connectivity index (χ3n) is 4.84. The van der Waals surface area contributed by atoms with Crippen molar-refractivity contribution >= 4 is 5.91 Å². The summed E-state index contributed by atoms with van der Waals surface area (Å²) in [7, 11) is 1.64. The molecule has 1 unspecified atom stereocenters. The van der Waals surface area contributed by atoms with Crippen molar-refractivity contribution in [3.63, 3.8) is 0 Å². The van der Waals surface area contributed by atoms with Gasteiger partial charge in [0.05, 0.1) is 7.11 Å². The summed E-state index contributed by atoms with van der Waals surface area (Å²) in [6, 6.07) is 12.5. The Morgan fingerprint density at radius 3 is 2.93 bits per heavy atom. The Labute approximate surface area is 165 Å². The van der Waals surface area contributed by atoms with Crippen LogP contribution < -0.4 is 14.8 Å². The SMILES string of the molecule is COc1ccc2c(c1)OC(C)CN(CCC(=O)NCCc1ccccc1F)C2. The number of carbonyl (C=O) groups is 1. The Morgan fingerprint density at radius 1 is 1.32 bits per heavy atom. The van der Waals surface area contributed by atoms with Gasteiger partial charge in [-0.25, -0.2) is 4.39 Å². The highest BCUT2D eigenvalue weighted by Crippen LogP contribution is 2.29. The number of amides is 1. The van der Waals surface area contributed by atoms with E-state index in [1.807, 2.05) is 25.1 Å². The number of nitrogens with one attached hydrogen (secondary N) is 1. The van der Waals surface area contributed by atoms with Crippen LogP contribution in [0, 0.1) is 5.82 Å². The molecule has 1 aliphatic rings. The lowest BCUT2D eigenvalue weighted by molar-refractivity contribution is -0.121. The molecule has 2 aromatic rings. The number of hydrogen-bond donors (Lipinski definition) is 1. The van der Waals surface area contributed by atoms with Gasteiger partial charge in [-0.1, -0.05) is 24.3 Å². The molecule has 0 fully saturated rings. The standard InChI is InChI=1S/C22H27FN2O3/c1-16-14-25(15-18-7-8-19(27-2)13-21(18)28-16)12-10-22(26)24-11-9-17-5-3-4-6-20(17)23/h3-8,13,16H,9-12,14-15H2,1-2H3,(H,24,26). The quantitative estimate of drug-likeness (QED) is 0.794. The highest BCUT2D eigenvalue weighted by atomic mass is 19.1. The topological polar surface area (TPSA) is 50.8 Å². The van der Waals surface area contributed by atoms with E-state index in [9.17, 15) is 9.18 Å². The van der Waals surface area contributed by atoms with E-state index in [2.05, 4.69) is 10.2 Å². The van der Waals surface area contributed by atoms with Crippen LogP contribution in [0.4, 0.5) is 4.39 Å². The van der Waals surface area contributed by atoms with Gasteiger partial charge in [0.25, 0.3) is 0 Å². The number of benzene rings is 2. The second-order valence-electron chi connectivity index (χ2n) is 7.08. The van der Waals surface area contributed by atoms with E-state index in [4.69, 9.17) is 9.47 Å². The minimum atomic E-state index is -0.231. The summed E-state index contributed by atoms with van der Waals surface area (Å²) in [5, 5.41) is 2.88. The molecule has 0 radical (unpaired) electrons. The summed E-state index contributed by atoms with van der Waals surface area (Å²) < 4.78 is 24.9. The Kier molecular flexibility index (Phi) is 6.87. The molecular formula is C22H27FN2O3. The molecule has 6 heteroatoms. The van der Waals surface area contributed by atoms with Crippen molar-refractivity contribution in [3.05, 3.63) is 59.4 Å². The van der Waals surface area contributed by atoms with Crippen LogP contribution in [0.25, 0.3) is 0 Å². The van der Waals surface area contributed by atoms with Crippen LogP contribution in [0.15, 0.2) is 42.5 Å². The molecule has 1 amide bonds. The molecule has 5 nitrogen and oxygen atoms in total. The van der Waals surface area contributed by atoms with Crippen molar-refractivity contribution in [2.75, 3.05) is 26.7 Å². The molecule has 0 spiro atoms. The van der Waals surface area contributed by atoms with Gasteiger partial charge in [-0.3, -0.25) is 9.69 Å². The van der Waals surface area contributed by atoms with E-state index in [-0.39, 0.29) is 17.8 Å². The monoisotopic (exact) mass is 386 g/mol. The molecule has 0 aromatic heterocycles. The molecule has 0 saturated heterocycles. The maximum atomic E-state index is 13.6. The van der Waals surface area contributed by atoms with Crippen LogP contribution in [0.1, 0.15) is 24.5 Å². The second-order valence-corrected chi connectivity index (χ2v) is 7.08. The normalized spacial score (nSPS) is 16.6. The number of rotatable bonds is 7. The van der Waals surface area contributed by atoms with E-state index in [1.165, 1.54) is 6.07 Å². The van der Waals surface area contributed by atoms with Crippen LogP contribution >= 0.6 is 0 Å². The molecule has 2 aromatic carbocycles. The fourth-order valence-electron chi connectivity index (χ4n) is 3.38. The average molecular weight is 386 g/mol. The minimum Gasteiger partial charge on any atom is -0.497 e. The number of halogens is 1. The zero-order chi connectivity index (χ0) is 19.9. The molecule has 0 aliphatic carbocycles. The second kappa shape index (κ2) is 9.55. The highest BCUT2D eigenvalue weighted by Gasteiger charge is 2.21. The van der Waals surface area contributed by atoms with Gasteiger partial charge in [0.1, 0.15) is 23.4 Å². The third kappa shape index (κ3) is 5.45. The molecule has 1 N–H and O–H groups in total. The Balaban J connectivity index is 1.48. The Bertz CT molecular complexity index is 812. The lowest BCUT2D eigenvalue weighted by Crippen LogP contribution is -2.35. The van der Waals surface area contributed by atoms with E-state index in [0.29, 0.717) is 31.5 Å². The first kappa shape index (κ1) is 20.1. The summed E-state index contributed by atoms with van der Waals surface area (Å²) in [5.74, 6) is 1.35. The zero-order valence-corrected chi connectivity index (χ0v) is 16.4. The smallest absolute Gasteiger partial charge is 0.221 e. The number of hydrogen-bond acceptors (Lipinski definition) is 4. The first-order valence-corrected chi connectivity index (χ1v) is 9.61. The van der Waals surface area contributed by atoms with Gasteiger partial charge in [-0.15, -0.1) is 0 Å². The molecule has 28 heavy (non-hydrogen) atoms. The third-order valence-corrected chi connectivity index (χ3v) is 4.84. The molecule has 1 atom stereocenters. The maximum absolute atomic E-state index is 13.6. The lowest BCUT2D eigenvalue weighted by atomic mass is 10.1. The molecule has 1 aliphatic heterocycles. The number of carbonyl (C=O) groups excluding carboxylic acids is 1. The molecule has 150 valence electrons. The predicted octanol–water partition coefficient (Wildman–Crippen LogP) is 3.17. The van der Waals surface area contributed by atoms with Crippen LogP contribution in [0.2, 0.25) is 0 Å². The van der Waals surface area contributed by atoms with Gasteiger partial charge in [0, 0.05) is 44.2 Å². The Morgan fingerprint density at radius 2 is 2.14 bits per heavy atom. The van der Waals surface area contributed by atoms with Crippen molar-refractivity contribution in [1.82, 2.24) is 10.2 Å². The Hall–Kier alpha value is -2.60. The van der Waals surface area contributed by atoms with Gasteiger partial charge in [0.2, 0.25) is 5.91 Å². The molecule has 0 saturated carbocycles. The number of methoxy groups -OCH3 is 1. The van der Waals surface area contributed by atoms with Crippen molar-refractivity contribution in [1.29, 1.82) is 0 Å². The van der Waals surface area contributed by atoms with Crippen LogP contribution in [0.5, 0.6) is 11.5 Å². The molecule has 1 heterocycles. The van der Waals surface area contributed by atoms with E-state index < -0.39 is 0 Å². The van der Waals surface area contributed by atoms with Crippen LogP contribution in [-0.2, 0) is 17.8 Å². The van der Waals surface area contributed by atoms with Gasteiger partial charge in [0.15, 0.2) is 0 Å². The van der Waals surface area contributed by atoms with Gasteiger partial charge < -0.3 is 14.8 Å². The molecule has 3 rings (SSSR count). The fraction of sp³-hybridized carbons (Fsp3) is 0.409. The summed E-state index contributed by atoms with van der Waals surface area (Å²) in [4.78, 5) is 14.4. The first-order valence-electron chi connectivity index (χ1n) is 9.61. The van der Waals surface area contributed by atoms with Gasteiger partial charge in [-0.05, 0) is 31.0 Å². The first-order chi connectivity index (χ1) is 13.5. The van der Waals surface area contributed by atoms with Crippen molar-refractivity contribution in [2.45, 2.75) is 32.4 Å². The number of nitrogens with zero attached hydrogens (tertiary/aromatic N) is 1. The van der Waals surface area contributed by atoms with Gasteiger partial charge >= 0.3 is 0 Å². The highest BCUT2D eigenvalue weighted by molar-refractivity contribution is 5.76.